The summed E-state index contributed by atoms with van der Waals surface area (Å²) in [6.07, 6.45) is 7.07. The molecule has 3 N–H and O–H groups in total. The normalized spacial score (nSPS) is 17.7. The van der Waals surface area contributed by atoms with Gasteiger partial charge in [-0.25, -0.2) is 4.79 Å². The monoisotopic (exact) mass is 258 g/mol. The fourth-order valence-corrected chi connectivity index (χ4v) is 2.42. The Bertz CT molecular complexity index is 230. The number of aliphatic hydroxyl groups excluding tert-OH is 1. The highest BCUT2D eigenvalue weighted by Crippen LogP contribution is 2.28. The zero-order chi connectivity index (χ0) is 13.2. The van der Waals surface area contributed by atoms with E-state index in [0.717, 1.165) is 12.3 Å². The van der Waals surface area contributed by atoms with E-state index >= 15 is 0 Å². The van der Waals surface area contributed by atoms with Gasteiger partial charge in [-0.1, -0.05) is 25.7 Å². The van der Waals surface area contributed by atoms with Gasteiger partial charge in [-0.3, -0.25) is 0 Å². The third-order valence-electron chi connectivity index (χ3n) is 3.41. The molecule has 1 saturated carbocycles. The quantitative estimate of drug-likeness (QED) is 0.574. The molecule has 1 fully saturated rings. The summed E-state index contributed by atoms with van der Waals surface area (Å²) >= 11 is 0. The largest absolute Gasteiger partial charge is 0.389 e. The summed E-state index contributed by atoms with van der Waals surface area (Å²) in [6, 6.07) is -0.212. The van der Waals surface area contributed by atoms with Gasteiger partial charge in [-0.2, -0.15) is 0 Å². The Balaban J connectivity index is 1.92. The number of rotatable bonds is 8. The number of nitrogens with one attached hydrogen (secondary N) is 2. The number of amides is 2. The predicted octanol–water partition coefficient (Wildman–Crippen LogP) is 1.26. The molecule has 5 heteroatoms. The highest BCUT2D eigenvalue weighted by Gasteiger charge is 2.14. The number of methoxy groups -OCH3 is 1. The van der Waals surface area contributed by atoms with E-state index in [1.54, 1.807) is 0 Å². The third kappa shape index (κ3) is 6.81. The Morgan fingerprint density at radius 1 is 1.39 bits per heavy atom. The van der Waals surface area contributed by atoms with E-state index < -0.39 is 6.10 Å². The highest BCUT2D eigenvalue weighted by molar-refractivity contribution is 5.73. The van der Waals surface area contributed by atoms with Crippen molar-refractivity contribution in [3.05, 3.63) is 0 Å². The van der Waals surface area contributed by atoms with Crippen molar-refractivity contribution < 1.29 is 14.6 Å². The first-order valence-corrected chi connectivity index (χ1v) is 6.91. The Morgan fingerprint density at radius 2 is 2.11 bits per heavy atom. The van der Waals surface area contributed by atoms with Crippen LogP contribution in [0.25, 0.3) is 0 Å². The van der Waals surface area contributed by atoms with Gasteiger partial charge in [-0.05, 0) is 18.8 Å². The van der Waals surface area contributed by atoms with Crippen molar-refractivity contribution in [1.29, 1.82) is 0 Å². The van der Waals surface area contributed by atoms with E-state index in [-0.39, 0.29) is 19.2 Å². The lowest BCUT2D eigenvalue weighted by atomic mass is 10.0. The minimum absolute atomic E-state index is 0.212. The third-order valence-corrected chi connectivity index (χ3v) is 3.41. The molecule has 0 aromatic rings. The van der Waals surface area contributed by atoms with Crippen LogP contribution in [0, 0.1) is 5.92 Å². The smallest absolute Gasteiger partial charge is 0.314 e. The Labute approximate surface area is 109 Å². The van der Waals surface area contributed by atoms with E-state index in [9.17, 15) is 9.90 Å². The van der Waals surface area contributed by atoms with Gasteiger partial charge in [0.15, 0.2) is 0 Å². The van der Waals surface area contributed by atoms with E-state index in [1.807, 2.05) is 0 Å². The Kier molecular flexibility index (Phi) is 7.76. The Morgan fingerprint density at radius 3 is 2.78 bits per heavy atom. The minimum atomic E-state index is -0.640. The lowest BCUT2D eigenvalue weighted by molar-refractivity contribution is 0.0660. The van der Waals surface area contributed by atoms with Crippen LogP contribution in [0.5, 0.6) is 0 Å². The van der Waals surface area contributed by atoms with Crippen molar-refractivity contribution in [2.75, 3.05) is 26.8 Å². The molecule has 0 heterocycles. The van der Waals surface area contributed by atoms with Crippen molar-refractivity contribution in [3.8, 4) is 0 Å². The van der Waals surface area contributed by atoms with Crippen molar-refractivity contribution in [1.82, 2.24) is 10.6 Å². The van der Waals surface area contributed by atoms with Gasteiger partial charge in [0.1, 0.15) is 0 Å². The molecule has 5 nitrogen and oxygen atoms in total. The topological polar surface area (TPSA) is 70.6 Å². The van der Waals surface area contributed by atoms with Crippen LogP contribution in [-0.4, -0.2) is 44.0 Å². The molecule has 1 aliphatic rings. The van der Waals surface area contributed by atoms with E-state index in [1.165, 1.54) is 39.2 Å². The minimum Gasteiger partial charge on any atom is -0.389 e. The molecule has 106 valence electrons. The average molecular weight is 258 g/mol. The van der Waals surface area contributed by atoms with Crippen molar-refractivity contribution >= 4 is 6.03 Å². The van der Waals surface area contributed by atoms with Gasteiger partial charge in [0.25, 0.3) is 0 Å². The van der Waals surface area contributed by atoms with Gasteiger partial charge < -0.3 is 20.5 Å². The number of carbonyl (C=O) groups is 1. The Hall–Kier alpha value is -0.810. The van der Waals surface area contributed by atoms with Crippen LogP contribution in [0.15, 0.2) is 0 Å². The van der Waals surface area contributed by atoms with E-state index in [4.69, 9.17) is 4.74 Å². The second kappa shape index (κ2) is 9.16. The molecular formula is C13H26N2O3. The van der Waals surface area contributed by atoms with Gasteiger partial charge in [0, 0.05) is 20.2 Å². The summed E-state index contributed by atoms with van der Waals surface area (Å²) in [4.78, 5) is 11.4. The second-order valence-corrected chi connectivity index (χ2v) is 5.04. The molecule has 0 aliphatic heterocycles. The van der Waals surface area contributed by atoms with Crippen LogP contribution in [0.3, 0.4) is 0 Å². The summed E-state index contributed by atoms with van der Waals surface area (Å²) < 4.78 is 4.77. The van der Waals surface area contributed by atoms with Crippen LogP contribution >= 0.6 is 0 Å². The highest BCUT2D eigenvalue weighted by atomic mass is 16.5. The number of carbonyl (C=O) groups excluding carboxylic acids is 1. The van der Waals surface area contributed by atoms with Crippen LogP contribution in [-0.2, 0) is 4.74 Å². The maximum absolute atomic E-state index is 11.4. The number of hydrogen-bond donors (Lipinski definition) is 3. The molecule has 0 saturated heterocycles. The summed E-state index contributed by atoms with van der Waals surface area (Å²) in [5.41, 5.74) is 0. The van der Waals surface area contributed by atoms with Gasteiger partial charge in [0.05, 0.1) is 12.7 Å². The lowest BCUT2D eigenvalue weighted by Gasteiger charge is -2.12. The molecule has 0 spiro atoms. The number of urea groups is 1. The molecule has 1 atom stereocenters. The maximum Gasteiger partial charge on any atom is 0.314 e. The fraction of sp³-hybridized carbons (Fsp3) is 0.923. The van der Waals surface area contributed by atoms with Gasteiger partial charge in [-0.15, -0.1) is 0 Å². The molecule has 18 heavy (non-hydrogen) atoms. The summed E-state index contributed by atoms with van der Waals surface area (Å²) in [6.45, 7) is 1.17. The number of aliphatic hydroxyl groups is 1. The lowest BCUT2D eigenvalue weighted by Crippen LogP contribution is -2.41. The SMILES string of the molecule is COCC(O)CNC(=O)NCCCC1CCCC1. The van der Waals surface area contributed by atoms with E-state index in [2.05, 4.69) is 10.6 Å². The van der Waals surface area contributed by atoms with Crippen LogP contribution < -0.4 is 10.6 Å². The number of hydrogen-bond acceptors (Lipinski definition) is 3. The zero-order valence-electron chi connectivity index (χ0n) is 11.3. The van der Waals surface area contributed by atoms with Crippen LogP contribution in [0.1, 0.15) is 38.5 Å². The van der Waals surface area contributed by atoms with Crippen molar-refractivity contribution in [3.63, 3.8) is 0 Å². The standard InChI is InChI=1S/C13H26N2O3/c1-18-10-12(16)9-15-13(17)14-8-4-7-11-5-2-3-6-11/h11-12,16H,2-10H2,1H3,(H2,14,15,17). The molecule has 1 rings (SSSR count). The molecule has 0 aromatic carbocycles. The molecule has 2 amide bonds. The summed E-state index contributed by atoms with van der Waals surface area (Å²) in [7, 11) is 1.52. The van der Waals surface area contributed by atoms with Gasteiger partial charge in [0.2, 0.25) is 0 Å². The maximum atomic E-state index is 11.4. The first-order valence-electron chi connectivity index (χ1n) is 6.91. The fourth-order valence-electron chi connectivity index (χ4n) is 2.42. The van der Waals surface area contributed by atoms with Gasteiger partial charge >= 0.3 is 6.03 Å². The zero-order valence-corrected chi connectivity index (χ0v) is 11.3. The number of ether oxygens (including phenoxy) is 1. The summed E-state index contributed by atoms with van der Waals surface area (Å²) in [5, 5.41) is 14.8. The first kappa shape index (κ1) is 15.2. The van der Waals surface area contributed by atoms with Crippen LogP contribution in [0.2, 0.25) is 0 Å². The predicted molar refractivity (Wildman–Crippen MR) is 70.5 cm³/mol. The molecular weight excluding hydrogens is 232 g/mol. The van der Waals surface area contributed by atoms with Crippen molar-refractivity contribution in [2.24, 2.45) is 5.92 Å². The summed E-state index contributed by atoms with van der Waals surface area (Å²) in [5.74, 6) is 0.874. The molecule has 0 radical (unpaired) electrons. The molecule has 1 unspecified atom stereocenters. The average Bonchev–Trinajstić information content (AvgIpc) is 2.85. The van der Waals surface area contributed by atoms with E-state index in [0.29, 0.717) is 6.54 Å². The molecule has 0 bridgehead atoms. The van der Waals surface area contributed by atoms with Crippen LogP contribution in [0.4, 0.5) is 4.79 Å². The molecule has 0 aromatic heterocycles. The van der Waals surface area contributed by atoms with Crippen molar-refractivity contribution in [2.45, 2.75) is 44.6 Å². The molecule has 1 aliphatic carbocycles. The second-order valence-electron chi connectivity index (χ2n) is 5.04. The first-order chi connectivity index (χ1) is 8.72.